The maximum Gasteiger partial charge on any atom is 0.410 e. The first-order chi connectivity index (χ1) is 23.2. The summed E-state index contributed by atoms with van der Waals surface area (Å²) in [5.74, 6) is -0.0896. The lowest BCUT2D eigenvalue weighted by Crippen LogP contribution is -2.60. The molecule has 0 saturated carbocycles. The Labute approximate surface area is 290 Å². The molecule has 13 nitrogen and oxygen atoms in total. The van der Waals surface area contributed by atoms with E-state index in [1.54, 1.807) is 68.5 Å². The molecule has 0 fully saturated rings. The van der Waals surface area contributed by atoms with Gasteiger partial charge in [0.1, 0.15) is 22.9 Å². The van der Waals surface area contributed by atoms with Crippen LogP contribution in [0.25, 0.3) is 0 Å². The normalized spacial score (nSPS) is 12.5. The van der Waals surface area contributed by atoms with Crippen LogP contribution in [0.4, 0.5) is 10.6 Å². The van der Waals surface area contributed by atoms with Crippen molar-refractivity contribution in [1.82, 2.24) is 19.8 Å². The summed E-state index contributed by atoms with van der Waals surface area (Å²) in [5.41, 5.74) is -0.226. The van der Waals surface area contributed by atoms with Gasteiger partial charge in [0.05, 0.1) is 39.3 Å². The third kappa shape index (κ3) is 13.2. The minimum atomic E-state index is -1.35. The molecule has 3 rings (SSSR count). The first-order valence-corrected chi connectivity index (χ1v) is 16.0. The van der Waals surface area contributed by atoms with Gasteiger partial charge in [-0.05, 0) is 64.8 Å². The highest BCUT2D eigenvalue weighted by Gasteiger charge is 2.39. The van der Waals surface area contributed by atoms with Crippen LogP contribution < -0.4 is 15.4 Å². The van der Waals surface area contributed by atoms with E-state index in [1.165, 1.54) is 11.9 Å². The molecule has 1 heterocycles. The van der Waals surface area contributed by atoms with Crippen molar-refractivity contribution in [2.24, 2.45) is 0 Å². The molecular formula is C36H53N5O8. The van der Waals surface area contributed by atoms with Crippen LogP contribution in [0.2, 0.25) is 0 Å². The molecule has 0 spiro atoms. The van der Waals surface area contributed by atoms with Crippen LogP contribution in [-0.2, 0) is 35.1 Å². The number of nitrogens with one attached hydrogen (secondary N) is 2. The standard InChI is InChI=1S/C33H45N5O7.C3H8O/c1-32(2,3)45-31(41)37(6)33(4,5)30(40)35-26(20-44-19-23-12-10-9-11-13-23)29(39)36-28-18-38(22-34-28)27(21-42-7)24-14-16-25(43-8)17-15-24;1-3-4-2/h9-18,22,26-27H,19-21H2,1-8H3,(H,35,40)(H,36,39);3H2,1-2H3/t26-,27?;/m1./s1. The van der Waals surface area contributed by atoms with Crippen molar-refractivity contribution in [1.29, 1.82) is 0 Å². The molecule has 1 aromatic heterocycles. The van der Waals surface area contributed by atoms with Crippen LogP contribution in [0, 0.1) is 0 Å². The number of amides is 3. The van der Waals surface area contributed by atoms with Crippen molar-refractivity contribution in [3.05, 3.63) is 78.2 Å². The van der Waals surface area contributed by atoms with Gasteiger partial charge in [0, 0.05) is 34.1 Å². The van der Waals surface area contributed by atoms with Crippen LogP contribution in [0.1, 0.15) is 58.7 Å². The molecule has 3 amide bonds. The van der Waals surface area contributed by atoms with E-state index >= 15 is 0 Å². The quantitative estimate of drug-likeness (QED) is 0.225. The molecule has 2 N–H and O–H groups in total. The van der Waals surface area contributed by atoms with Crippen molar-refractivity contribution < 1.29 is 38.1 Å². The second-order valence-electron chi connectivity index (χ2n) is 12.6. The van der Waals surface area contributed by atoms with E-state index in [2.05, 4.69) is 20.4 Å². The molecule has 13 heteroatoms. The monoisotopic (exact) mass is 683 g/mol. The highest BCUT2D eigenvalue weighted by Crippen LogP contribution is 2.23. The molecule has 2 atom stereocenters. The van der Waals surface area contributed by atoms with Gasteiger partial charge in [-0.2, -0.15) is 0 Å². The lowest BCUT2D eigenvalue weighted by atomic mass is 10.0. The number of aromatic nitrogens is 2. The number of hydrogen-bond acceptors (Lipinski definition) is 9. The zero-order chi connectivity index (χ0) is 36.6. The molecule has 2 aromatic carbocycles. The minimum Gasteiger partial charge on any atom is -0.497 e. The molecule has 0 aliphatic heterocycles. The Morgan fingerprint density at radius 2 is 1.55 bits per heavy atom. The second-order valence-corrected chi connectivity index (χ2v) is 12.6. The zero-order valence-corrected chi connectivity index (χ0v) is 30.4. The number of likely N-dealkylation sites (N-methyl/N-ethyl adjacent to an activating group) is 1. The molecule has 3 aromatic rings. The molecule has 0 saturated heterocycles. The van der Waals surface area contributed by atoms with Gasteiger partial charge in [-0.15, -0.1) is 0 Å². The number of carbonyl (C=O) groups is 3. The minimum absolute atomic E-state index is 0.127. The van der Waals surface area contributed by atoms with Gasteiger partial charge in [-0.25, -0.2) is 9.78 Å². The summed E-state index contributed by atoms with van der Waals surface area (Å²) in [6.07, 6.45) is 2.62. The van der Waals surface area contributed by atoms with Crippen LogP contribution >= 0.6 is 0 Å². The number of ether oxygens (including phenoxy) is 5. The lowest BCUT2D eigenvalue weighted by molar-refractivity contribution is -0.135. The van der Waals surface area contributed by atoms with E-state index < -0.39 is 35.1 Å². The van der Waals surface area contributed by atoms with Gasteiger partial charge in [0.15, 0.2) is 5.82 Å². The summed E-state index contributed by atoms with van der Waals surface area (Å²) in [4.78, 5) is 45.4. The molecule has 0 aliphatic carbocycles. The van der Waals surface area contributed by atoms with Crippen molar-refractivity contribution >= 4 is 23.7 Å². The molecule has 1 unspecified atom stereocenters. The molecule has 0 aliphatic rings. The summed E-state index contributed by atoms with van der Waals surface area (Å²) in [7, 11) is 6.37. The summed E-state index contributed by atoms with van der Waals surface area (Å²) in [6, 6.07) is 15.8. The van der Waals surface area contributed by atoms with Crippen LogP contribution in [-0.4, -0.2) is 97.7 Å². The number of anilines is 1. The van der Waals surface area contributed by atoms with Gasteiger partial charge in [-0.3, -0.25) is 14.5 Å². The van der Waals surface area contributed by atoms with Gasteiger partial charge >= 0.3 is 6.09 Å². The molecule has 0 bridgehead atoms. The largest absolute Gasteiger partial charge is 0.497 e. The second kappa shape index (κ2) is 19.5. The average molecular weight is 684 g/mol. The van der Waals surface area contributed by atoms with Gasteiger partial charge in [0.25, 0.3) is 5.91 Å². The summed E-state index contributed by atoms with van der Waals surface area (Å²) >= 11 is 0. The zero-order valence-electron chi connectivity index (χ0n) is 30.4. The predicted molar refractivity (Wildman–Crippen MR) is 188 cm³/mol. The number of carbonyl (C=O) groups excluding carboxylic acids is 3. The average Bonchev–Trinajstić information content (AvgIpc) is 3.53. The third-order valence-corrected chi connectivity index (χ3v) is 7.41. The number of imidazole rings is 1. The maximum atomic E-state index is 13.6. The van der Waals surface area contributed by atoms with Crippen molar-refractivity contribution in [3.63, 3.8) is 0 Å². The Balaban J connectivity index is 0.00000197. The summed E-state index contributed by atoms with van der Waals surface area (Å²) in [5, 5.41) is 5.54. The van der Waals surface area contributed by atoms with E-state index in [0.717, 1.165) is 23.5 Å². The molecule has 270 valence electrons. The topological polar surface area (TPSA) is 142 Å². The number of benzene rings is 2. The SMILES string of the molecule is CCOC.COCC(c1ccc(OC)cc1)n1cnc(NC(=O)[C@@H](COCc2ccccc2)NC(=O)C(C)(C)N(C)C(=O)OC(C)(C)C)c1. The Bertz CT molecular complexity index is 1440. The van der Waals surface area contributed by atoms with Gasteiger partial charge in [-0.1, -0.05) is 42.5 Å². The van der Waals surface area contributed by atoms with Crippen LogP contribution in [0.3, 0.4) is 0 Å². The number of rotatable bonds is 15. The first kappa shape index (κ1) is 40.7. The molecular weight excluding hydrogens is 630 g/mol. The highest BCUT2D eigenvalue weighted by atomic mass is 16.6. The summed E-state index contributed by atoms with van der Waals surface area (Å²) in [6.45, 7) is 11.6. The van der Waals surface area contributed by atoms with E-state index in [1.807, 2.05) is 66.1 Å². The third-order valence-electron chi connectivity index (χ3n) is 7.41. The van der Waals surface area contributed by atoms with E-state index in [9.17, 15) is 14.4 Å². The van der Waals surface area contributed by atoms with Crippen molar-refractivity contribution in [2.45, 2.75) is 71.4 Å². The Morgan fingerprint density at radius 3 is 2.10 bits per heavy atom. The van der Waals surface area contributed by atoms with Gasteiger partial charge < -0.3 is 38.9 Å². The number of hydrogen-bond donors (Lipinski definition) is 2. The first-order valence-electron chi connectivity index (χ1n) is 16.0. The molecule has 49 heavy (non-hydrogen) atoms. The summed E-state index contributed by atoms with van der Waals surface area (Å²) < 4.78 is 28.4. The van der Waals surface area contributed by atoms with Gasteiger partial charge in [0.2, 0.25) is 5.91 Å². The number of nitrogens with zero attached hydrogens (tertiary/aromatic N) is 3. The van der Waals surface area contributed by atoms with E-state index in [-0.39, 0.29) is 25.1 Å². The van der Waals surface area contributed by atoms with Crippen LogP contribution in [0.5, 0.6) is 5.75 Å². The Kier molecular flexibility index (Phi) is 16.2. The number of methoxy groups -OCH3 is 3. The fourth-order valence-corrected chi connectivity index (χ4v) is 4.22. The van der Waals surface area contributed by atoms with Crippen molar-refractivity contribution in [3.8, 4) is 5.75 Å². The fraction of sp³-hybridized carbons (Fsp3) is 0.500. The van der Waals surface area contributed by atoms with Crippen LogP contribution in [0.15, 0.2) is 67.1 Å². The predicted octanol–water partition coefficient (Wildman–Crippen LogP) is 5.07. The smallest absolute Gasteiger partial charge is 0.410 e. The Hall–Kier alpha value is -4.46. The van der Waals surface area contributed by atoms with E-state index in [0.29, 0.717) is 6.61 Å². The van der Waals surface area contributed by atoms with E-state index in [4.69, 9.17) is 18.9 Å². The maximum absolute atomic E-state index is 13.6. The lowest BCUT2D eigenvalue weighted by Gasteiger charge is -2.36. The fourth-order valence-electron chi connectivity index (χ4n) is 4.22. The van der Waals surface area contributed by atoms with Crippen molar-refractivity contribution in [2.75, 3.05) is 53.5 Å². The highest BCUT2D eigenvalue weighted by molar-refractivity contribution is 5.98. The molecule has 0 radical (unpaired) electrons. The Morgan fingerprint density at radius 1 is 0.918 bits per heavy atom.